The summed E-state index contributed by atoms with van der Waals surface area (Å²) in [5.74, 6) is -3.71. The van der Waals surface area contributed by atoms with Gasteiger partial charge < -0.3 is 29.7 Å². The standard InChI is InChI=1S/C30H20N10O15S2.Cu.2Na/c41-28-22(12-20(56(50,51)52)13-25(28)40(48)49)35-36-24-14-23(34-32-17-5-7-18(8-6-17)38(44)45)29(42)27(30(24)43)37-33-16-3-1-15(2-4-16)31-21-10-9-19(39(46)47)11-26(21)57(53,54)55;;;/h1-14,31,41-43H,(H,50,51,52)(H,53,54,55);;;/q;+2;2*+1/p-4. The number of benzene rings is 5. The van der Waals surface area contributed by atoms with E-state index in [0.29, 0.717) is 12.1 Å². The van der Waals surface area contributed by atoms with Crippen LogP contribution >= 0.6 is 0 Å². The molecular weight excluding hydrogens is 914 g/mol. The smallest absolute Gasteiger partial charge is 0.869 e. The normalized spacial score (nSPS) is 11.4. The number of phenols is 1. The van der Waals surface area contributed by atoms with Gasteiger partial charge in [-0.3, -0.25) is 30.3 Å². The van der Waals surface area contributed by atoms with E-state index < -0.39 is 96.2 Å². The van der Waals surface area contributed by atoms with Gasteiger partial charge in [-0.05, 0) is 60.3 Å². The molecule has 0 spiro atoms. The van der Waals surface area contributed by atoms with Gasteiger partial charge in [-0.25, -0.2) is 16.8 Å². The van der Waals surface area contributed by atoms with Gasteiger partial charge in [-0.15, -0.1) is 10.2 Å². The Morgan fingerprint density at radius 3 is 1.58 bits per heavy atom. The van der Waals surface area contributed by atoms with E-state index in [1.54, 1.807) is 0 Å². The molecule has 0 heterocycles. The molecule has 0 fully saturated rings. The molecule has 0 aromatic heterocycles. The van der Waals surface area contributed by atoms with E-state index in [-0.39, 0.29) is 111 Å². The summed E-state index contributed by atoms with van der Waals surface area (Å²) in [5.41, 5.74) is -5.76. The number of hydrogen-bond acceptors (Lipinski definition) is 22. The van der Waals surface area contributed by atoms with E-state index in [0.717, 1.165) is 30.3 Å². The zero-order valence-corrected chi connectivity index (χ0v) is 36.5. The van der Waals surface area contributed by atoms with Gasteiger partial charge in [0.15, 0.2) is 5.75 Å². The van der Waals surface area contributed by atoms with Gasteiger partial charge in [0.2, 0.25) is 0 Å². The zero-order chi connectivity index (χ0) is 41.8. The minimum Gasteiger partial charge on any atom is -0.869 e. The molecular formula is C30H16CuN10Na2O15S2. The van der Waals surface area contributed by atoms with E-state index in [4.69, 9.17) is 0 Å². The van der Waals surface area contributed by atoms with Crippen molar-refractivity contribution in [3.63, 3.8) is 0 Å². The van der Waals surface area contributed by atoms with Gasteiger partial charge >= 0.3 is 76.2 Å². The van der Waals surface area contributed by atoms with Crippen LogP contribution < -0.4 is 74.6 Å². The van der Waals surface area contributed by atoms with E-state index in [2.05, 4.69) is 36.0 Å². The Balaban J connectivity index is 0.00000413. The summed E-state index contributed by atoms with van der Waals surface area (Å²) < 4.78 is 70.0. The molecule has 0 aliphatic carbocycles. The van der Waals surface area contributed by atoms with Crippen molar-refractivity contribution in [3.8, 4) is 17.2 Å². The molecule has 5 rings (SSSR count). The van der Waals surface area contributed by atoms with Crippen molar-refractivity contribution in [2.75, 3.05) is 5.32 Å². The number of nitro benzene ring substituents is 3. The van der Waals surface area contributed by atoms with Crippen LogP contribution in [-0.2, 0) is 37.3 Å². The van der Waals surface area contributed by atoms with Crippen LogP contribution in [0.15, 0.2) is 125 Å². The van der Waals surface area contributed by atoms with Gasteiger partial charge in [0.05, 0.1) is 53.0 Å². The molecule has 0 amide bonds. The summed E-state index contributed by atoms with van der Waals surface area (Å²) >= 11 is 0. The number of phenolic OH excluding ortho intramolecular Hbond substituents is 1. The number of nitro groups is 3. The Kier molecular flexibility index (Phi) is 17.6. The monoisotopic (exact) mass is 929 g/mol. The molecule has 2 N–H and O–H groups in total. The Morgan fingerprint density at radius 1 is 0.567 bits per heavy atom. The SMILES string of the molecule is O=[N+]([O-])c1ccc(N=Nc2cc(N=Nc3cc(S(=O)(=O)[O-])cc([N+](=O)[O-])c3[O-])c([O-])c(N=Nc3ccc(Nc4ccc([N+](=O)[O-])cc4S(=O)(=O)[O-])cc3)c2O)cc1.[Cu+2].[Na+].[Na+]. The third-order valence-electron chi connectivity index (χ3n) is 7.15. The first-order chi connectivity index (χ1) is 26.7. The summed E-state index contributed by atoms with van der Waals surface area (Å²) in [6, 6.07) is 13.5. The maximum Gasteiger partial charge on any atom is 2.00 e. The predicted octanol–water partition coefficient (Wildman–Crippen LogP) is 0.0675. The first-order valence-corrected chi connectivity index (χ1v) is 17.7. The number of aromatic hydroxyl groups is 1. The van der Waals surface area contributed by atoms with Crippen molar-refractivity contribution in [2.45, 2.75) is 9.79 Å². The minimum absolute atomic E-state index is 0. The zero-order valence-electron chi connectivity index (χ0n) is 29.9. The number of nitrogens with zero attached hydrogens (tertiary/aromatic N) is 9. The number of anilines is 2. The fourth-order valence-electron chi connectivity index (χ4n) is 4.45. The van der Waals surface area contributed by atoms with Crippen LogP contribution in [0.2, 0.25) is 0 Å². The fraction of sp³-hybridized carbons (Fsp3) is 0. The van der Waals surface area contributed by atoms with Crippen LogP contribution in [0.4, 0.5) is 62.6 Å². The van der Waals surface area contributed by atoms with Crippen molar-refractivity contribution in [2.24, 2.45) is 30.7 Å². The molecule has 0 unspecified atom stereocenters. The van der Waals surface area contributed by atoms with E-state index in [9.17, 15) is 71.6 Å². The Bertz CT molecular complexity index is 2800. The third kappa shape index (κ3) is 12.3. The average Bonchev–Trinajstić information content (AvgIpc) is 3.14. The Morgan fingerprint density at radius 2 is 1.07 bits per heavy atom. The van der Waals surface area contributed by atoms with Gasteiger partial charge in [0.25, 0.3) is 17.1 Å². The Labute approximate surface area is 390 Å². The average molecular weight is 930 g/mol. The summed E-state index contributed by atoms with van der Waals surface area (Å²) in [6.45, 7) is 0. The number of nitrogens with one attached hydrogen (secondary N) is 1. The molecule has 0 saturated heterocycles. The topological polar surface area (TPSA) is 396 Å². The van der Waals surface area contributed by atoms with Crippen LogP contribution in [0.25, 0.3) is 0 Å². The quantitative estimate of drug-likeness (QED) is 0.0518. The first kappa shape index (κ1) is 50.8. The van der Waals surface area contributed by atoms with Crippen LogP contribution in [0.3, 0.4) is 0 Å². The molecule has 5 aromatic carbocycles. The number of rotatable bonds is 13. The van der Waals surface area contributed by atoms with Gasteiger partial charge in [-0.1, -0.05) is 0 Å². The van der Waals surface area contributed by atoms with Crippen LogP contribution in [0.1, 0.15) is 0 Å². The molecule has 5 aromatic rings. The number of hydrogen-bond donors (Lipinski definition) is 2. The molecule has 60 heavy (non-hydrogen) atoms. The molecule has 0 aliphatic heterocycles. The van der Waals surface area contributed by atoms with Gasteiger partial charge in [0.1, 0.15) is 31.6 Å². The molecule has 30 heteroatoms. The van der Waals surface area contributed by atoms with Gasteiger partial charge in [-0.2, -0.15) is 20.5 Å². The maximum absolute atomic E-state index is 13.4. The number of azo groups is 3. The van der Waals surface area contributed by atoms with E-state index >= 15 is 0 Å². The molecule has 0 aliphatic rings. The fourth-order valence-corrected chi connectivity index (χ4v) is 5.62. The molecule has 0 saturated carbocycles. The Hall–Kier alpha value is -5.36. The predicted molar refractivity (Wildman–Crippen MR) is 184 cm³/mol. The second-order valence-electron chi connectivity index (χ2n) is 10.9. The largest absolute Gasteiger partial charge is 2.00 e. The number of non-ortho nitro benzene ring substituents is 2. The van der Waals surface area contributed by atoms with Crippen molar-refractivity contribution in [3.05, 3.63) is 115 Å². The van der Waals surface area contributed by atoms with Gasteiger partial charge in [0, 0.05) is 41.8 Å². The van der Waals surface area contributed by atoms with Crippen molar-refractivity contribution >= 4 is 82.8 Å². The second kappa shape index (κ2) is 20.7. The minimum atomic E-state index is -5.36. The maximum atomic E-state index is 13.4. The van der Waals surface area contributed by atoms with Crippen LogP contribution in [-0.4, -0.2) is 45.8 Å². The van der Waals surface area contributed by atoms with E-state index in [1.165, 1.54) is 36.4 Å². The molecule has 0 bridgehead atoms. The summed E-state index contributed by atoms with van der Waals surface area (Å²) in [7, 11) is -10.5. The van der Waals surface area contributed by atoms with Crippen LogP contribution in [0, 0.1) is 30.3 Å². The molecule has 0 atom stereocenters. The van der Waals surface area contributed by atoms with Crippen molar-refractivity contribution in [1.82, 2.24) is 0 Å². The molecule has 25 nitrogen and oxygen atoms in total. The summed E-state index contributed by atoms with van der Waals surface area (Å²) in [4.78, 5) is 28.4. The van der Waals surface area contributed by atoms with Crippen molar-refractivity contribution in [1.29, 1.82) is 0 Å². The third-order valence-corrected chi connectivity index (χ3v) is 8.84. The van der Waals surface area contributed by atoms with Crippen molar-refractivity contribution < 1.29 is 132 Å². The van der Waals surface area contributed by atoms with Crippen LogP contribution in [0.5, 0.6) is 17.2 Å². The molecule has 1 radical (unpaired) electrons. The van der Waals surface area contributed by atoms with E-state index in [1.807, 2.05) is 0 Å². The second-order valence-corrected chi connectivity index (χ2v) is 13.6. The summed E-state index contributed by atoms with van der Waals surface area (Å²) in [6.07, 6.45) is 0. The molecule has 301 valence electrons. The first-order valence-electron chi connectivity index (χ1n) is 14.9. The summed E-state index contributed by atoms with van der Waals surface area (Å²) in [5, 5.41) is 95.1.